The summed E-state index contributed by atoms with van der Waals surface area (Å²) in [5, 5.41) is 2.89. The third kappa shape index (κ3) is 12.5. The Labute approximate surface area is 321 Å². The molecule has 6 aromatic rings. The molecule has 2 unspecified atom stereocenters. The van der Waals surface area contributed by atoms with Crippen molar-refractivity contribution in [1.29, 1.82) is 0 Å². The molecule has 0 aliphatic rings. The van der Waals surface area contributed by atoms with Crippen LogP contribution in [0, 0.1) is 23.7 Å². The van der Waals surface area contributed by atoms with E-state index in [2.05, 4.69) is 39.0 Å². The number of rotatable bonds is 13. The van der Waals surface area contributed by atoms with Crippen molar-refractivity contribution in [1.82, 2.24) is 15.3 Å². The number of benzene rings is 4. The molecule has 9 heteroatoms. The van der Waals surface area contributed by atoms with Gasteiger partial charge in [0.05, 0.1) is 30.4 Å². The maximum atomic E-state index is 12.8. The van der Waals surface area contributed by atoms with Crippen LogP contribution in [0.2, 0.25) is 0 Å². The molecular weight excluding hydrogens is 689 g/mol. The molecule has 0 radical (unpaired) electrons. The van der Waals surface area contributed by atoms with Gasteiger partial charge in [-0.3, -0.25) is 4.79 Å². The molecule has 0 aliphatic carbocycles. The Morgan fingerprint density at radius 2 is 1.11 bits per heavy atom. The van der Waals surface area contributed by atoms with Gasteiger partial charge >= 0.3 is 0 Å². The monoisotopic (exact) mass is 728 g/mol. The van der Waals surface area contributed by atoms with Gasteiger partial charge in [-0.05, 0) is 85.6 Å². The predicted molar refractivity (Wildman–Crippen MR) is 212 cm³/mol. The van der Waals surface area contributed by atoms with E-state index in [1.54, 1.807) is 43.6 Å². The lowest BCUT2D eigenvalue weighted by Crippen LogP contribution is -2.42. The smallest absolute Gasteiger partial charge is 0.223 e. The molecule has 1 amide bonds. The van der Waals surface area contributed by atoms with Crippen LogP contribution in [0.4, 0.5) is 0 Å². The normalized spacial score (nSPS) is 12.0. The van der Waals surface area contributed by atoms with Crippen molar-refractivity contribution in [3.63, 3.8) is 0 Å². The number of carbonyl (C=O) groups excluding carboxylic acids is 1. The van der Waals surface area contributed by atoms with E-state index in [0.717, 1.165) is 22.3 Å². The van der Waals surface area contributed by atoms with Crippen molar-refractivity contribution < 1.29 is 23.7 Å². The van der Waals surface area contributed by atoms with E-state index in [4.69, 9.17) is 24.7 Å². The number of hydrogen-bond acceptors (Lipinski definition) is 8. The van der Waals surface area contributed by atoms with Crippen LogP contribution in [-0.4, -0.2) is 27.5 Å². The standard InChI is InChI=1S/C46H40N4O5/c1-34(13-14-35-15-19-39(20-16-35)54-41-23-25-44(48-30-41)52-32-37-9-5-3-6-10-37)50-43(51)29-46(2,47)28-27-36-17-21-40(22-18-36)55-42-24-26-45(49-31-42)53-33-38-11-7-4-8-12-38/h3-12,15-26,30-31,34H,29,32-33,47H2,1-2H3,(H,50,51). The second kappa shape index (κ2) is 18.6. The summed E-state index contributed by atoms with van der Waals surface area (Å²) in [4.78, 5) is 21.4. The first-order chi connectivity index (χ1) is 26.7. The molecule has 0 saturated carbocycles. The SMILES string of the molecule is CC(C#Cc1ccc(Oc2ccc(OCc3ccccc3)nc2)cc1)NC(=O)CC(C)(N)C#Cc1ccc(Oc2ccc(OCc3ccccc3)nc2)cc1. The van der Waals surface area contributed by atoms with Crippen molar-refractivity contribution >= 4 is 5.91 Å². The minimum Gasteiger partial charge on any atom is -0.473 e. The van der Waals surface area contributed by atoms with Crippen LogP contribution in [0.5, 0.6) is 34.8 Å². The van der Waals surface area contributed by atoms with E-state index < -0.39 is 11.6 Å². The first-order valence-corrected chi connectivity index (χ1v) is 17.7. The van der Waals surface area contributed by atoms with Gasteiger partial charge in [0, 0.05) is 23.3 Å². The van der Waals surface area contributed by atoms with Crippen LogP contribution in [-0.2, 0) is 18.0 Å². The predicted octanol–water partition coefficient (Wildman–Crippen LogP) is 8.23. The van der Waals surface area contributed by atoms with Gasteiger partial charge in [-0.25, -0.2) is 9.97 Å². The van der Waals surface area contributed by atoms with Gasteiger partial charge in [0.15, 0.2) is 0 Å². The highest BCUT2D eigenvalue weighted by Gasteiger charge is 2.20. The van der Waals surface area contributed by atoms with Crippen LogP contribution < -0.4 is 30.0 Å². The third-order valence-electron chi connectivity index (χ3n) is 7.89. The van der Waals surface area contributed by atoms with E-state index in [1.165, 1.54) is 0 Å². The van der Waals surface area contributed by atoms with E-state index in [9.17, 15) is 4.79 Å². The van der Waals surface area contributed by atoms with Crippen molar-refractivity contribution in [3.05, 3.63) is 168 Å². The largest absolute Gasteiger partial charge is 0.473 e. The molecule has 2 atom stereocenters. The fourth-order valence-electron chi connectivity index (χ4n) is 5.09. The van der Waals surface area contributed by atoms with Crippen LogP contribution in [0.3, 0.4) is 0 Å². The van der Waals surface area contributed by atoms with Gasteiger partial charge < -0.3 is 30.0 Å². The highest BCUT2D eigenvalue weighted by molar-refractivity contribution is 5.78. The quantitative estimate of drug-likeness (QED) is 0.114. The lowest BCUT2D eigenvalue weighted by molar-refractivity contribution is -0.122. The minimum absolute atomic E-state index is 0.00625. The van der Waals surface area contributed by atoms with Gasteiger partial charge in [-0.2, -0.15) is 0 Å². The topological polar surface area (TPSA) is 118 Å². The number of aromatic nitrogens is 2. The Morgan fingerprint density at radius 1 is 0.655 bits per heavy atom. The van der Waals surface area contributed by atoms with Crippen molar-refractivity contribution in [2.45, 2.75) is 45.1 Å². The average Bonchev–Trinajstić information content (AvgIpc) is 3.20. The molecule has 6 rings (SSSR count). The second-order valence-corrected chi connectivity index (χ2v) is 12.9. The van der Waals surface area contributed by atoms with Crippen molar-refractivity contribution in [2.75, 3.05) is 0 Å². The molecular formula is C46H40N4O5. The zero-order valence-corrected chi connectivity index (χ0v) is 30.6. The molecule has 55 heavy (non-hydrogen) atoms. The lowest BCUT2D eigenvalue weighted by atomic mass is 9.98. The number of hydrogen-bond donors (Lipinski definition) is 2. The Bertz CT molecular complexity index is 2260. The lowest BCUT2D eigenvalue weighted by Gasteiger charge is -2.18. The van der Waals surface area contributed by atoms with E-state index >= 15 is 0 Å². The van der Waals surface area contributed by atoms with Crippen LogP contribution in [0.1, 0.15) is 42.5 Å². The molecule has 2 aromatic heterocycles. The summed E-state index contributed by atoms with van der Waals surface area (Å²) >= 11 is 0. The van der Waals surface area contributed by atoms with E-state index in [0.29, 0.717) is 48.0 Å². The molecule has 2 heterocycles. The molecule has 0 saturated heterocycles. The molecule has 0 bridgehead atoms. The van der Waals surface area contributed by atoms with Crippen molar-refractivity contribution in [2.24, 2.45) is 5.73 Å². The third-order valence-corrected chi connectivity index (χ3v) is 7.89. The number of amides is 1. The average molecular weight is 729 g/mol. The fraction of sp³-hybridized carbons (Fsp3) is 0.152. The molecule has 0 aliphatic heterocycles. The number of ether oxygens (including phenoxy) is 4. The van der Waals surface area contributed by atoms with Gasteiger partial charge in [-0.15, -0.1) is 0 Å². The fourth-order valence-corrected chi connectivity index (χ4v) is 5.09. The number of nitrogens with one attached hydrogen (secondary N) is 1. The second-order valence-electron chi connectivity index (χ2n) is 12.9. The van der Waals surface area contributed by atoms with Crippen LogP contribution >= 0.6 is 0 Å². The summed E-state index contributed by atoms with van der Waals surface area (Å²) in [6.45, 7) is 4.42. The summed E-state index contributed by atoms with van der Waals surface area (Å²) in [6, 6.07) is 41.2. The molecule has 0 fully saturated rings. The highest BCUT2D eigenvalue weighted by atomic mass is 16.5. The van der Waals surface area contributed by atoms with Gasteiger partial charge in [0.1, 0.15) is 36.2 Å². The first kappa shape index (κ1) is 37.7. The molecule has 274 valence electrons. The number of carbonyl (C=O) groups is 1. The summed E-state index contributed by atoms with van der Waals surface area (Å²) in [7, 11) is 0. The zero-order chi connectivity index (χ0) is 38.3. The van der Waals surface area contributed by atoms with Crippen molar-refractivity contribution in [3.8, 4) is 58.4 Å². The Morgan fingerprint density at radius 3 is 1.56 bits per heavy atom. The maximum absolute atomic E-state index is 12.8. The molecule has 0 spiro atoms. The summed E-state index contributed by atoms with van der Waals surface area (Å²) in [5.74, 6) is 15.5. The molecule has 3 N–H and O–H groups in total. The van der Waals surface area contributed by atoms with Gasteiger partial charge in [0.25, 0.3) is 0 Å². The molecule has 4 aromatic carbocycles. The van der Waals surface area contributed by atoms with E-state index in [1.807, 2.05) is 116 Å². The summed E-state index contributed by atoms with van der Waals surface area (Å²) in [6.07, 6.45) is 3.24. The zero-order valence-electron chi connectivity index (χ0n) is 30.6. The Hall–Kier alpha value is -7.07. The minimum atomic E-state index is -1.05. The maximum Gasteiger partial charge on any atom is 0.223 e. The first-order valence-electron chi connectivity index (χ1n) is 17.7. The van der Waals surface area contributed by atoms with E-state index in [-0.39, 0.29) is 12.3 Å². The van der Waals surface area contributed by atoms with Crippen LogP contribution in [0.15, 0.2) is 146 Å². The Balaban J connectivity index is 0.917. The highest BCUT2D eigenvalue weighted by Crippen LogP contribution is 2.24. The number of nitrogens with zero attached hydrogens (tertiary/aromatic N) is 2. The van der Waals surface area contributed by atoms with Crippen LogP contribution in [0.25, 0.3) is 0 Å². The number of pyridine rings is 2. The molecule has 9 nitrogen and oxygen atoms in total. The number of nitrogens with two attached hydrogens (primary N) is 1. The summed E-state index contributed by atoms with van der Waals surface area (Å²) < 4.78 is 23.3. The van der Waals surface area contributed by atoms with Gasteiger partial charge in [0.2, 0.25) is 17.7 Å². The summed E-state index contributed by atoms with van der Waals surface area (Å²) in [5.41, 5.74) is 8.98. The Kier molecular flexibility index (Phi) is 12.8. The van der Waals surface area contributed by atoms with Gasteiger partial charge in [-0.1, -0.05) is 84.3 Å².